The fraction of sp³-hybridized carbons (Fsp3) is 0.438. The van der Waals surface area contributed by atoms with Gasteiger partial charge in [0.25, 0.3) is 0 Å². The van der Waals surface area contributed by atoms with E-state index in [4.69, 9.17) is 9.47 Å². The summed E-state index contributed by atoms with van der Waals surface area (Å²) < 4.78 is 10.0. The molecule has 0 saturated heterocycles. The fourth-order valence-corrected chi connectivity index (χ4v) is 1.79. The van der Waals surface area contributed by atoms with E-state index in [0.29, 0.717) is 18.0 Å². The predicted octanol–water partition coefficient (Wildman–Crippen LogP) is 2.31. The van der Waals surface area contributed by atoms with E-state index in [9.17, 15) is 14.4 Å². The molecular formula is C16H21NO5. The summed E-state index contributed by atoms with van der Waals surface area (Å²) in [6, 6.07) is 6.48. The Morgan fingerprint density at radius 3 is 2.50 bits per heavy atom. The number of hydrogen-bond donors (Lipinski definition) is 0. The number of ether oxygens (including phenoxy) is 2. The van der Waals surface area contributed by atoms with Gasteiger partial charge in [-0.25, -0.2) is 0 Å². The zero-order chi connectivity index (χ0) is 16.5. The molecule has 1 aromatic carbocycles. The first kappa shape index (κ1) is 17.7. The van der Waals surface area contributed by atoms with Gasteiger partial charge in [0, 0.05) is 25.1 Å². The van der Waals surface area contributed by atoms with Crippen LogP contribution in [0, 0.1) is 0 Å². The second-order valence-electron chi connectivity index (χ2n) is 4.64. The lowest BCUT2D eigenvalue weighted by Crippen LogP contribution is -2.36. The average molecular weight is 307 g/mol. The lowest BCUT2D eigenvalue weighted by molar-refractivity contribution is -0.143. The van der Waals surface area contributed by atoms with Crippen molar-refractivity contribution in [2.75, 3.05) is 18.1 Å². The highest BCUT2D eigenvalue weighted by molar-refractivity contribution is 5.97. The monoisotopic (exact) mass is 307 g/mol. The van der Waals surface area contributed by atoms with Crippen LogP contribution in [-0.2, 0) is 19.1 Å². The van der Waals surface area contributed by atoms with E-state index in [0.717, 1.165) is 6.42 Å². The summed E-state index contributed by atoms with van der Waals surface area (Å²) in [6.45, 7) is 5.05. The molecule has 0 bridgehead atoms. The first-order valence-corrected chi connectivity index (χ1v) is 7.22. The van der Waals surface area contributed by atoms with Gasteiger partial charge in [0.05, 0.1) is 6.61 Å². The van der Waals surface area contributed by atoms with Gasteiger partial charge < -0.3 is 14.4 Å². The van der Waals surface area contributed by atoms with Crippen molar-refractivity contribution in [1.29, 1.82) is 0 Å². The number of amides is 1. The van der Waals surface area contributed by atoms with Gasteiger partial charge in [-0.3, -0.25) is 14.4 Å². The van der Waals surface area contributed by atoms with Crippen molar-refractivity contribution in [1.82, 2.24) is 0 Å². The largest absolute Gasteiger partial charge is 0.464 e. The van der Waals surface area contributed by atoms with Crippen molar-refractivity contribution in [3.8, 4) is 5.75 Å². The van der Waals surface area contributed by atoms with Gasteiger partial charge in [-0.2, -0.15) is 0 Å². The molecule has 0 aliphatic heterocycles. The van der Waals surface area contributed by atoms with Gasteiger partial charge in [0.1, 0.15) is 12.3 Å². The normalized spacial score (nSPS) is 9.95. The van der Waals surface area contributed by atoms with Gasteiger partial charge >= 0.3 is 11.9 Å². The molecule has 0 heterocycles. The summed E-state index contributed by atoms with van der Waals surface area (Å²) in [5, 5.41) is 0. The Kier molecular flexibility index (Phi) is 7.08. The summed E-state index contributed by atoms with van der Waals surface area (Å²) in [6.07, 6.45) is 0.967. The van der Waals surface area contributed by atoms with Crippen molar-refractivity contribution >= 4 is 23.5 Å². The van der Waals surface area contributed by atoms with Crippen LogP contribution in [0.1, 0.15) is 33.6 Å². The number of hydrogen-bond acceptors (Lipinski definition) is 5. The molecule has 0 spiro atoms. The van der Waals surface area contributed by atoms with Crippen molar-refractivity contribution in [2.24, 2.45) is 0 Å². The number of carbonyl (C=O) groups is 3. The predicted molar refractivity (Wildman–Crippen MR) is 81.6 cm³/mol. The minimum absolute atomic E-state index is 0.170. The van der Waals surface area contributed by atoms with Crippen LogP contribution in [0.4, 0.5) is 5.69 Å². The molecule has 6 nitrogen and oxygen atoms in total. The van der Waals surface area contributed by atoms with E-state index >= 15 is 0 Å². The van der Waals surface area contributed by atoms with E-state index in [1.807, 2.05) is 6.92 Å². The molecule has 0 unspecified atom stereocenters. The molecule has 0 aliphatic carbocycles. The van der Waals surface area contributed by atoms with Crippen LogP contribution in [0.15, 0.2) is 24.3 Å². The van der Waals surface area contributed by atoms with Gasteiger partial charge in [-0.1, -0.05) is 19.9 Å². The molecule has 0 N–H and O–H groups in total. The Hall–Kier alpha value is -2.37. The van der Waals surface area contributed by atoms with Gasteiger partial charge in [0.15, 0.2) is 0 Å². The Balaban J connectivity index is 2.94. The standard InChI is InChI=1S/C16H21NO5/c1-4-9-21-16(20)11-17(15(19)5-2)13-7-6-8-14(10-13)22-12(3)18/h6-8,10H,4-5,9,11H2,1-3H3. The third-order valence-electron chi connectivity index (χ3n) is 2.75. The molecule has 1 amide bonds. The minimum Gasteiger partial charge on any atom is -0.464 e. The second kappa shape index (κ2) is 8.81. The van der Waals surface area contributed by atoms with Crippen LogP contribution < -0.4 is 9.64 Å². The molecule has 0 radical (unpaired) electrons. The molecule has 0 fully saturated rings. The van der Waals surface area contributed by atoms with Gasteiger partial charge in [0.2, 0.25) is 5.91 Å². The van der Waals surface area contributed by atoms with E-state index in [1.54, 1.807) is 31.2 Å². The maximum atomic E-state index is 12.1. The Morgan fingerprint density at radius 2 is 1.91 bits per heavy atom. The van der Waals surface area contributed by atoms with Crippen molar-refractivity contribution in [2.45, 2.75) is 33.6 Å². The molecule has 0 aliphatic rings. The summed E-state index contributed by atoms with van der Waals surface area (Å²) in [5.74, 6) is -0.816. The quantitative estimate of drug-likeness (QED) is 0.571. The van der Waals surface area contributed by atoms with Crippen molar-refractivity contribution < 1.29 is 23.9 Å². The first-order chi connectivity index (χ1) is 10.5. The fourth-order valence-electron chi connectivity index (χ4n) is 1.79. The minimum atomic E-state index is -0.471. The van der Waals surface area contributed by atoms with E-state index in [1.165, 1.54) is 11.8 Å². The molecule has 0 atom stereocenters. The second-order valence-corrected chi connectivity index (χ2v) is 4.64. The molecule has 6 heteroatoms. The maximum Gasteiger partial charge on any atom is 0.326 e. The van der Waals surface area contributed by atoms with Crippen molar-refractivity contribution in [3.05, 3.63) is 24.3 Å². The highest BCUT2D eigenvalue weighted by Crippen LogP contribution is 2.22. The van der Waals surface area contributed by atoms with Crippen LogP contribution in [0.25, 0.3) is 0 Å². The SMILES string of the molecule is CCCOC(=O)CN(C(=O)CC)c1cccc(OC(C)=O)c1. The zero-order valence-electron chi connectivity index (χ0n) is 13.1. The van der Waals surface area contributed by atoms with Gasteiger partial charge in [-0.05, 0) is 18.6 Å². The van der Waals surface area contributed by atoms with Crippen LogP contribution in [0.3, 0.4) is 0 Å². The lowest BCUT2D eigenvalue weighted by atomic mass is 10.2. The first-order valence-electron chi connectivity index (χ1n) is 7.22. The highest BCUT2D eigenvalue weighted by Gasteiger charge is 2.19. The van der Waals surface area contributed by atoms with E-state index < -0.39 is 11.9 Å². The summed E-state index contributed by atoms with van der Waals surface area (Å²) in [7, 11) is 0. The number of anilines is 1. The van der Waals surface area contributed by atoms with Gasteiger partial charge in [-0.15, -0.1) is 0 Å². The Morgan fingerprint density at radius 1 is 1.18 bits per heavy atom. The summed E-state index contributed by atoms with van der Waals surface area (Å²) >= 11 is 0. The number of esters is 2. The highest BCUT2D eigenvalue weighted by atomic mass is 16.5. The molecule has 1 rings (SSSR count). The van der Waals surface area contributed by atoms with Crippen LogP contribution >= 0.6 is 0 Å². The van der Waals surface area contributed by atoms with E-state index in [-0.39, 0.29) is 18.9 Å². The Labute approximate surface area is 130 Å². The molecular weight excluding hydrogens is 286 g/mol. The lowest BCUT2D eigenvalue weighted by Gasteiger charge is -2.21. The number of carbonyl (C=O) groups excluding carboxylic acids is 3. The topological polar surface area (TPSA) is 72.9 Å². The number of nitrogens with zero attached hydrogens (tertiary/aromatic N) is 1. The van der Waals surface area contributed by atoms with Crippen molar-refractivity contribution in [3.63, 3.8) is 0 Å². The zero-order valence-corrected chi connectivity index (χ0v) is 13.1. The number of rotatable bonds is 7. The maximum absolute atomic E-state index is 12.1. The van der Waals surface area contributed by atoms with Crippen LogP contribution in [0.2, 0.25) is 0 Å². The van der Waals surface area contributed by atoms with Crippen LogP contribution in [0.5, 0.6) is 5.75 Å². The smallest absolute Gasteiger partial charge is 0.326 e. The molecule has 0 saturated carbocycles. The van der Waals surface area contributed by atoms with Crippen LogP contribution in [-0.4, -0.2) is 31.0 Å². The molecule has 1 aromatic rings. The molecule has 0 aromatic heterocycles. The Bertz CT molecular complexity index is 541. The molecule has 120 valence electrons. The molecule has 22 heavy (non-hydrogen) atoms. The third-order valence-corrected chi connectivity index (χ3v) is 2.75. The summed E-state index contributed by atoms with van der Waals surface area (Å²) in [4.78, 5) is 36.2. The number of benzene rings is 1. The third kappa shape index (κ3) is 5.55. The van der Waals surface area contributed by atoms with E-state index in [2.05, 4.69) is 0 Å². The summed E-state index contributed by atoms with van der Waals surface area (Å²) in [5.41, 5.74) is 0.485. The average Bonchev–Trinajstić information content (AvgIpc) is 2.49.